The van der Waals surface area contributed by atoms with E-state index in [0.29, 0.717) is 0 Å². The number of aromatic nitrogens is 1. The van der Waals surface area contributed by atoms with Crippen LogP contribution < -0.4 is 0 Å². The summed E-state index contributed by atoms with van der Waals surface area (Å²) in [5, 5.41) is 1.25. The Labute approximate surface area is 113 Å². The molecule has 0 fully saturated rings. The zero-order chi connectivity index (χ0) is 13.2. The molecule has 0 aliphatic rings. The number of rotatable bonds is 2. The second kappa shape index (κ2) is 4.85. The minimum Gasteiger partial charge on any atom is -0.252 e. The van der Waals surface area contributed by atoms with Gasteiger partial charge < -0.3 is 0 Å². The number of aryl methyl sites for hydroxylation is 2. The number of hydrogen-bond acceptors (Lipinski definition) is 1. The fourth-order valence-electron chi connectivity index (χ4n) is 2.42. The summed E-state index contributed by atoms with van der Waals surface area (Å²) in [6.45, 7) is 4.27. The molecule has 0 saturated carbocycles. The van der Waals surface area contributed by atoms with Crippen LogP contribution >= 0.6 is 0 Å². The molecule has 94 valence electrons. The van der Waals surface area contributed by atoms with E-state index in [4.69, 9.17) is 4.98 Å². The molecule has 0 bridgehead atoms. The summed E-state index contributed by atoms with van der Waals surface area (Å²) in [6, 6.07) is 19.2. The van der Waals surface area contributed by atoms with Crippen molar-refractivity contribution in [2.24, 2.45) is 0 Å². The lowest BCUT2D eigenvalue weighted by Gasteiger charge is -2.07. The lowest BCUT2D eigenvalue weighted by Crippen LogP contribution is -1.94. The number of nitrogens with zero attached hydrogens (tertiary/aromatic N) is 1. The quantitative estimate of drug-likeness (QED) is 0.652. The Balaban J connectivity index is 1.99. The highest BCUT2D eigenvalue weighted by molar-refractivity contribution is 5.82. The van der Waals surface area contributed by atoms with E-state index in [2.05, 4.69) is 62.4 Å². The Kier molecular flexibility index (Phi) is 3.04. The first-order chi connectivity index (χ1) is 9.22. The molecule has 2 aromatic carbocycles. The Bertz CT molecular complexity index is 711. The van der Waals surface area contributed by atoms with Crippen molar-refractivity contribution in [2.75, 3.05) is 0 Å². The number of fused-ring (bicyclic) bond motifs is 1. The molecule has 0 amide bonds. The van der Waals surface area contributed by atoms with Gasteiger partial charge in [0.2, 0.25) is 0 Å². The van der Waals surface area contributed by atoms with Crippen molar-refractivity contribution in [3.8, 4) is 0 Å². The Morgan fingerprint density at radius 1 is 0.895 bits per heavy atom. The van der Waals surface area contributed by atoms with Crippen LogP contribution in [0.15, 0.2) is 54.6 Å². The molecule has 0 unspecified atom stereocenters. The third-order valence-corrected chi connectivity index (χ3v) is 3.48. The van der Waals surface area contributed by atoms with Gasteiger partial charge >= 0.3 is 0 Å². The average Bonchev–Trinajstić information content (AvgIpc) is 2.42. The van der Waals surface area contributed by atoms with Gasteiger partial charge in [0, 0.05) is 17.5 Å². The van der Waals surface area contributed by atoms with Gasteiger partial charge in [-0.3, -0.25) is 4.98 Å². The molecular weight excluding hydrogens is 230 g/mol. The Morgan fingerprint density at radius 3 is 2.42 bits per heavy atom. The second-order valence-corrected chi connectivity index (χ2v) is 5.11. The number of hydrogen-bond donors (Lipinski definition) is 0. The maximum Gasteiger partial charge on any atom is 0.0708 e. The summed E-state index contributed by atoms with van der Waals surface area (Å²) >= 11 is 0. The standard InChI is InChI=1S/C18H17N/c1-13-7-9-15(10-8-13)12-16-11-14(2)17-5-3-4-6-18(17)19-16/h3-11H,12H2,1-2H3. The monoisotopic (exact) mass is 247 g/mol. The molecule has 19 heavy (non-hydrogen) atoms. The molecule has 0 N–H and O–H groups in total. The molecule has 0 radical (unpaired) electrons. The fraction of sp³-hybridized carbons (Fsp3) is 0.167. The van der Waals surface area contributed by atoms with Crippen molar-refractivity contribution in [1.82, 2.24) is 4.98 Å². The lowest BCUT2D eigenvalue weighted by molar-refractivity contribution is 1.09. The molecule has 1 heteroatoms. The fourth-order valence-corrected chi connectivity index (χ4v) is 2.42. The van der Waals surface area contributed by atoms with E-state index in [1.807, 2.05) is 6.07 Å². The highest BCUT2D eigenvalue weighted by atomic mass is 14.7. The zero-order valence-electron chi connectivity index (χ0n) is 11.4. The summed E-state index contributed by atoms with van der Waals surface area (Å²) in [7, 11) is 0. The van der Waals surface area contributed by atoms with E-state index in [1.54, 1.807) is 0 Å². The number of benzene rings is 2. The van der Waals surface area contributed by atoms with Crippen LogP contribution in [0.2, 0.25) is 0 Å². The van der Waals surface area contributed by atoms with Crippen molar-refractivity contribution >= 4 is 10.9 Å². The molecule has 0 spiro atoms. The van der Waals surface area contributed by atoms with Crippen molar-refractivity contribution in [2.45, 2.75) is 20.3 Å². The molecule has 1 aromatic heterocycles. The average molecular weight is 247 g/mol. The minimum atomic E-state index is 0.895. The Hall–Kier alpha value is -2.15. The molecule has 3 aromatic rings. The Morgan fingerprint density at radius 2 is 1.63 bits per heavy atom. The van der Waals surface area contributed by atoms with Crippen molar-refractivity contribution in [3.63, 3.8) is 0 Å². The SMILES string of the molecule is Cc1ccc(Cc2cc(C)c3ccccc3n2)cc1. The van der Waals surface area contributed by atoms with Gasteiger partial charge in [-0.05, 0) is 37.1 Å². The van der Waals surface area contributed by atoms with Crippen LogP contribution in [0.5, 0.6) is 0 Å². The van der Waals surface area contributed by atoms with Crippen LogP contribution in [0.25, 0.3) is 10.9 Å². The van der Waals surface area contributed by atoms with Gasteiger partial charge in [0.05, 0.1) is 5.52 Å². The van der Waals surface area contributed by atoms with Gasteiger partial charge in [0.15, 0.2) is 0 Å². The normalized spacial score (nSPS) is 10.8. The van der Waals surface area contributed by atoms with Crippen LogP contribution in [0.1, 0.15) is 22.4 Å². The number of pyridine rings is 1. The summed E-state index contributed by atoms with van der Waals surface area (Å²) in [5.74, 6) is 0. The van der Waals surface area contributed by atoms with Gasteiger partial charge in [-0.15, -0.1) is 0 Å². The minimum absolute atomic E-state index is 0.895. The maximum atomic E-state index is 4.75. The van der Waals surface area contributed by atoms with Crippen LogP contribution in [-0.2, 0) is 6.42 Å². The van der Waals surface area contributed by atoms with E-state index in [-0.39, 0.29) is 0 Å². The van der Waals surface area contributed by atoms with Crippen LogP contribution in [0.4, 0.5) is 0 Å². The van der Waals surface area contributed by atoms with Crippen molar-refractivity contribution in [1.29, 1.82) is 0 Å². The smallest absolute Gasteiger partial charge is 0.0708 e. The van der Waals surface area contributed by atoms with E-state index < -0.39 is 0 Å². The van der Waals surface area contributed by atoms with Gasteiger partial charge in [-0.2, -0.15) is 0 Å². The molecule has 0 atom stereocenters. The van der Waals surface area contributed by atoms with E-state index in [1.165, 1.54) is 22.1 Å². The van der Waals surface area contributed by atoms with Crippen molar-refractivity contribution in [3.05, 3.63) is 77.0 Å². The third-order valence-electron chi connectivity index (χ3n) is 3.48. The maximum absolute atomic E-state index is 4.75. The van der Waals surface area contributed by atoms with E-state index in [0.717, 1.165) is 17.6 Å². The van der Waals surface area contributed by atoms with Gasteiger partial charge in [0.1, 0.15) is 0 Å². The second-order valence-electron chi connectivity index (χ2n) is 5.11. The first-order valence-corrected chi connectivity index (χ1v) is 6.63. The van der Waals surface area contributed by atoms with Crippen LogP contribution in [0.3, 0.4) is 0 Å². The van der Waals surface area contributed by atoms with Gasteiger partial charge in [-0.25, -0.2) is 0 Å². The summed E-state index contributed by atoms with van der Waals surface area (Å²) in [5.41, 5.74) is 6.14. The predicted octanol–water partition coefficient (Wildman–Crippen LogP) is 4.44. The first kappa shape index (κ1) is 11.9. The topological polar surface area (TPSA) is 12.9 Å². The van der Waals surface area contributed by atoms with Crippen molar-refractivity contribution < 1.29 is 0 Å². The zero-order valence-corrected chi connectivity index (χ0v) is 11.4. The number of para-hydroxylation sites is 1. The van der Waals surface area contributed by atoms with Gasteiger partial charge in [0.25, 0.3) is 0 Å². The molecule has 1 heterocycles. The van der Waals surface area contributed by atoms with Crippen LogP contribution in [-0.4, -0.2) is 4.98 Å². The highest BCUT2D eigenvalue weighted by Gasteiger charge is 2.03. The molecular formula is C18H17N. The summed E-state index contributed by atoms with van der Waals surface area (Å²) < 4.78 is 0. The largest absolute Gasteiger partial charge is 0.252 e. The van der Waals surface area contributed by atoms with Gasteiger partial charge in [-0.1, -0.05) is 48.0 Å². The van der Waals surface area contributed by atoms with E-state index in [9.17, 15) is 0 Å². The predicted molar refractivity (Wildman–Crippen MR) is 80.5 cm³/mol. The molecule has 1 nitrogen and oxygen atoms in total. The molecule has 3 rings (SSSR count). The third kappa shape index (κ3) is 2.50. The molecule has 0 aliphatic carbocycles. The molecule has 0 saturated heterocycles. The highest BCUT2D eigenvalue weighted by Crippen LogP contribution is 2.19. The van der Waals surface area contributed by atoms with E-state index >= 15 is 0 Å². The summed E-state index contributed by atoms with van der Waals surface area (Å²) in [4.78, 5) is 4.75. The first-order valence-electron chi connectivity index (χ1n) is 6.63. The lowest BCUT2D eigenvalue weighted by atomic mass is 10.0. The van der Waals surface area contributed by atoms with Crippen LogP contribution in [0, 0.1) is 13.8 Å². The molecule has 0 aliphatic heterocycles. The summed E-state index contributed by atoms with van der Waals surface area (Å²) in [6.07, 6.45) is 0.895.